The molecule has 5 heteroatoms. The maximum absolute atomic E-state index is 12.4. The fourth-order valence-corrected chi connectivity index (χ4v) is 2.03. The third kappa shape index (κ3) is 3.24. The molecule has 1 amide bonds. The monoisotopic (exact) mass is 300 g/mol. The van der Waals surface area contributed by atoms with E-state index in [2.05, 4.69) is 10.3 Å². The first-order valence-corrected chi connectivity index (χ1v) is 7.20. The van der Waals surface area contributed by atoms with Crippen LogP contribution in [0.2, 0.25) is 0 Å². The summed E-state index contributed by atoms with van der Waals surface area (Å²) in [5, 5.41) is 2.80. The molecule has 1 aromatic heterocycles. The number of carbonyl (C=O) groups excluding carboxylic acids is 2. The molecule has 116 valence electrons. The molecule has 0 saturated carbocycles. The number of aryl methyl sites for hydroxylation is 2. The van der Waals surface area contributed by atoms with Crippen LogP contribution in [0.25, 0.3) is 0 Å². The lowest BCUT2D eigenvalue weighted by atomic mass is 10.1. The fourth-order valence-electron chi connectivity index (χ4n) is 2.03. The Labute approximate surface area is 129 Å². The van der Waals surface area contributed by atoms with E-state index >= 15 is 0 Å². The van der Waals surface area contributed by atoms with Gasteiger partial charge in [0.05, 0.1) is 0 Å². The van der Waals surface area contributed by atoms with Crippen molar-refractivity contribution in [2.75, 3.05) is 5.32 Å². The van der Waals surface area contributed by atoms with E-state index in [4.69, 9.17) is 4.42 Å². The van der Waals surface area contributed by atoms with Crippen molar-refractivity contribution in [3.8, 4) is 0 Å². The zero-order valence-electron chi connectivity index (χ0n) is 13.5. The summed E-state index contributed by atoms with van der Waals surface area (Å²) in [5.41, 5.74) is 2.31. The van der Waals surface area contributed by atoms with Crippen LogP contribution in [0.3, 0.4) is 0 Å². The van der Waals surface area contributed by atoms with Crippen molar-refractivity contribution >= 4 is 17.4 Å². The highest BCUT2D eigenvalue weighted by Gasteiger charge is 2.19. The minimum Gasteiger partial charge on any atom is -0.445 e. The molecule has 1 heterocycles. The first-order valence-electron chi connectivity index (χ1n) is 7.20. The SMILES string of the molecule is CC(=O)c1ccc(C)c(NC(=O)c2nc(C(C)C)oc2C)c1. The summed E-state index contributed by atoms with van der Waals surface area (Å²) in [7, 11) is 0. The molecule has 0 unspecified atom stereocenters. The quantitative estimate of drug-likeness (QED) is 0.870. The molecule has 1 N–H and O–H groups in total. The number of rotatable bonds is 4. The second kappa shape index (κ2) is 6.13. The van der Waals surface area contributed by atoms with Gasteiger partial charge in [-0.05, 0) is 32.4 Å². The zero-order valence-corrected chi connectivity index (χ0v) is 13.5. The van der Waals surface area contributed by atoms with Gasteiger partial charge in [0.2, 0.25) is 0 Å². The van der Waals surface area contributed by atoms with Gasteiger partial charge in [0.1, 0.15) is 5.76 Å². The van der Waals surface area contributed by atoms with Gasteiger partial charge in [-0.25, -0.2) is 4.98 Å². The number of carbonyl (C=O) groups is 2. The van der Waals surface area contributed by atoms with Crippen molar-refractivity contribution < 1.29 is 14.0 Å². The van der Waals surface area contributed by atoms with Crippen LogP contribution in [-0.4, -0.2) is 16.7 Å². The molecule has 2 rings (SSSR count). The van der Waals surface area contributed by atoms with Crippen LogP contribution < -0.4 is 5.32 Å². The van der Waals surface area contributed by atoms with Crippen LogP contribution in [0.15, 0.2) is 22.6 Å². The van der Waals surface area contributed by atoms with Crippen molar-refractivity contribution in [2.45, 2.75) is 40.5 Å². The van der Waals surface area contributed by atoms with Crippen molar-refractivity contribution in [1.82, 2.24) is 4.98 Å². The van der Waals surface area contributed by atoms with Gasteiger partial charge in [0.15, 0.2) is 17.4 Å². The van der Waals surface area contributed by atoms with Gasteiger partial charge in [-0.3, -0.25) is 9.59 Å². The number of nitrogens with one attached hydrogen (secondary N) is 1. The van der Waals surface area contributed by atoms with Gasteiger partial charge in [-0.2, -0.15) is 0 Å². The smallest absolute Gasteiger partial charge is 0.277 e. The molecule has 0 aliphatic heterocycles. The van der Waals surface area contributed by atoms with Gasteiger partial charge in [0, 0.05) is 17.2 Å². The Morgan fingerprint density at radius 3 is 2.45 bits per heavy atom. The molecule has 0 atom stereocenters. The van der Waals surface area contributed by atoms with Crippen LogP contribution in [0.1, 0.15) is 64.7 Å². The number of aromatic nitrogens is 1. The Balaban J connectivity index is 2.29. The first kappa shape index (κ1) is 15.9. The largest absolute Gasteiger partial charge is 0.445 e. The number of Topliss-reactive ketones (excluding diaryl/α,β-unsaturated/α-hetero) is 1. The van der Waals surface area contributed by atoms with Crippen LogP contribution in [0.4, 0.5) is 5.69 Å². The summed E-state index contributed by atoms with van der Waals surface area (Å²) in [5.74, 6) is 0.758. The lowest BCUT2D eigenvalue weighted by molar-refractivity contribution is 0.100. The molecule has 0 spiro atoms. The van der Waals surface area contributed by atoms with Crippen LogP contribution in [-0.2, 0) is 0 Å². The highest BCUT2D eigenvalue weighted by molar-refractivity contribution is 6.05. The van der Waals surface area contributed by atoms with Crippen molar-refractivity contribution in [2.24, 2.45) is 0 Å². The van der Waals surface area contributed by atoms with E-state index in [0.29, 0.717) is 22.9 Å². The van der Waals surface area contributed by atoms with E-state index < -0.39 is 0 Å². The lowest BCUT2D eigenvalue weighted by Gasteiger charge is -2.08. The summed E-state index contributed by atoms with van der Waals surface area (Å²) < 4.78 is 5.50. The summed E-state index contributed by atoms with van der Waals surface area (Å²) >= 11 is 0. The second-order valence-corrected chi connectivity index (χ2v) is 5.65. The third-order valence-corrected chi connectivity index (χ3v) is 3.41. The molecule has 5 nitrogen and oxygen atoms in total. The van der Waals surface area contributed by atoms with Gasteiger partial charge < -0.3 is 9.73 Å². The highest BCUT2D eigenvalue weighted by Crippen LogP contribution is 2.21. The van der Waals surface area contributed by atoms with Crippen molar-refractivity contribution in [3.05, 3.63) is 46.7 Å². The molecule has 0 aliphatic rings. The maximum atomic E-state index is 12.4. The average Bonchev–Trinajstić information content (AvgIpc) is 2.83. The molecule has 0 radical (unpaired) electrons. The van der Waals surface area contributed by atoms with Gasteiger partial charge in [0.25, 0.3) is 5.91 Å². The molecule has 2 aromatic rings. The molecule has 0 fully saturated rings. The van der Waals surface area contributed by atoms with E-state index in [1.807, 2.05) is 26.8 Å². The topological polar surface area (TPSA) is 72.2 Å². The van der Waals surface area contributed by atoms with Crippen LogP contribution in [0.5, 0.6) is 0 Å². The van der Waals surface area contributed by atoms with E-state index in [1.54, 1.807) is 19.1 Å². The number of benzene rings is 1. The molecule has 0 saturated heterocycles. The summed E-state index contributed by atoms with van der Waals surface area (Å²) in [6.45, 7) is 8.98. The Morgan fingerprint density at radius 1 is 1.23 bits per heavy atom. The Morgan fingerprint density at radius 2 is 1.91 bits per heavy atom. The number of amides is 1. The first-order chi connectivity index (χ1) is 10.3. The normalized spacial score (nSPS) is 10.8. The van der Waals surface area contributed by atoms with Gasteiger partial charge >= 0.3 is 0 Å². The Bertz CT molecular complexity index is 730. The zero-order chi connectivity index (χ0) is 16.4. The van der Waals surface area contributed by atoms with Crippen LogP contribution in [0, 0.1) is 13.8 Å². The standard InChI is InChI=1S/C17H20N2O3/c1-9(2)17-19-15(12(5)22-17)16(21)18-14-8-13(11(4)20)7-6-10(14)3/h6-9H,1-5H3,(H,18,21). The number of anilines is 1. The third-order valence-electron chi connectivity index (χ3n) is 3.41. The van der Waals surface area contributed by atoms with Gasteiger partial charge in [-0.1, -0.05) is 26.0 Å². The number of hydrogen-bond acceptors (Lipinski definition) is 4. The number of oxazole rings is 1. The predicted octanol–water partition coefficient (Wildman–Crippen LogP) is 3.87. The highest BCUT2D eigenvalue weighted by atomic mass is 16.4. The molecule has 22 heavy (non-hydrogen) atoms. The van der Waals surface area contributed by atoms with Gasteiger partial charge in [-0.15, -0.1) is 0 Å². The number of ketones is 1. The summed E-state index contributed by atoms with van der Waals surface area (Å²) in [6.07, 6.45) is 0. The minimum absolute atomic E-state index is 0.0461. The predicted molar refractivity (Wildman–Crippen MR) is 84.5 cm³/mol. The fraction of sp³-hybridized carbons (Fsp3) is 0.353. The maximum Gasteiger partial charge on any atom is 0.277 e. The minimum atomic E-state index is -0.336. The summed E-state index contributed by atoms with van der Waals surface area (Å²) in [4.78, 5) is 28.1. The number of hydrogen-bond donors (Lipinski definition) is 1. The molecule has 0 aliphatic carbocycles. The van der Waals surface area contributed by atoms with E-state index in [-0.39, 0.29) is 23.3 Å². The average molecular weight is 300 g/mol. The second-order valence-electron chi connectivity index (χ2n) is 5.65. The van der Waals surface area contributed by atoms with E-state index in [0.717, 1.165) is 5.56 Å². The lowest BCUT2D eigenvalue weighted by Crippen LogP contribution is -2.15. The van der Waals surface area contributed by atoms with Crippen molar-refractivity contribution in [1.29, 1.82) is 0 Å². The van der Waals surface area contributed by atoms with Crippen LogP contribution >= 0.6 is 0 Å². The molecule has 0 bridgehead atoms. The number of nitrogens with zero attached hydrogens (tertiary/aromatic N) is 1. The Kier molecular flexibility index (Phi) is 4.45. The van der Waals surface area contributed by atoms with Crippen molar-refractivity contribution in [3.63, 3.8) is 0 Å². The molecular formula is C17H20N2O3. The molecule has 1 aromatic carbocycles. The van der Waals surface area contributed by atoms with E-state index in [1.165, 1.54) is 6.92 Å². The Hall–Kier alpha value is -2.43. The summed E-state index contributed by atoms with van der Waals surface area (Å²) in [6, 6.07) is 5.22. The molecular weight excluding hydrogens is 280 g/mol. The van der Waals surface area contributed by atoms with E-state index in [9.17, 15) is 9.59 Å².